The van der Waals surface area contributed by atoms with Gasteiger partial charge in [-0.15, -0.1) is 0 Å². The first-order chi connectivity index (χ1) is 9.17. The minimum atomic E-state index is -0.585. The van der Waals surface area contributed by atoms with Crippen molar-refractivity contribution in [2.45, 2.75) is 71.8 Å². The Bertz CT molecular complexity index is 326. The predicted octanol–water partition coefficient (Wildman–Crippen LogP) is 3.89. The van der Waals surface area contributed by atoms with E-state index in [2.05, 4.69) is 6.92 Å². The van der Waals surface area contributed by atoms with Gasteiger partial charge in [0.05, 0.1) is 12.6 Å². The fourth-order valence-corrected chi connectivity index (χ4v) is 3.33. The van der Waals surface area contributed by atoms with E-state index in [4.69, 9.17) is 9.47 Å². The van der Waals surface area contributed by atoms with Crippen molar-refractivity contribution in [1.29, 1.82) is 0 Å². The molecule has 1 fully saturated rings. The van der Waals surface area contributed by atoms with Crippen molar-refractivity contribution in [2.75, 3.05) is 18.1 Å². The van der Waals surface area contributed by atoms with Crippen LogP contribution in [0.5, 0.6) is 0 Å². The molecule has 0 saturated carbocycles. The van der Waals surface area contributed by atoms with Gasteiger partial charge in [-0.05, 0) is 46.8 Å². The van der Waals surface area contributed by atoms with Crippen LogP contribution in [0.1, 0.15) is 54.4 Å². The Labute approximate surface area is 127 Å². The number of hydrogen-bond acceptors (Lipinski definition) is 4. The van der Waals surface area contributed by atoms with Crippen LogP contribution in [0.15, 0.2) is 0 Å². The zero-order chi connectivity index (χ0) is 15.4. The quantitative estimate of drug-likeness (QED) is 0.722. The summed E-state index contributed by atoms with van der Waals surface area (Å²) in [6, 6.07) is 0.0988. The topological polar surface area (TPSA) is 38.8 Å². The summed E-state index contributed by atoms with van der Waals surface area (Å²) in [5.74, 6) is 2.04. The van der Waals surface area contributed by atoms with Gasteiger partial charge in [0.2, 0.25) is 0 Å². The van der Waals surface area contributed by atoms with Gasteiger partial charge in [0.1, 0.15) is 11.3 Å². The van der Waals surface area contributed by atoms with Gasteiger partial charge in [-0.1, -0.05) is 13.3 Å². The summed E-state index contributed by atoms with van der Waals surface area (Å²) in [6.07, 6.45) is 2.14. The maximum absolute atomic E-state index is 12.4. The fourth-order valence-electron chi connectivity index (χ4n) is 2.15. The smallest absolute Gasteiger partial charge is 0.412 e. The molecule has 118 valence electrons. The molecule has 0 bridgehead atoms. The number of unbranched alkanes of at least 4 members (excludes halogenated alkanes) is 1. The SMILES string of the molecule is CCCCSCC1COC(C)(C)N1C(=O)OC(C)(C)C. The number of nitrogens with zero attached hydrogens (tertiary/aromatic N) is 1. The summed E-state index contributed by atoms with van der Waals surface area (Å²) in [4.78, 5) is 14.2. The summed E-state index contributed by atoms with van der Waals surface area (Å²) < 4.78 is 11.3. The van der Waals surface area contributed by atoms with Crippen LogP contribution >= 0.6 is 11.8 Å². The van der Waals surface area contributed by atoms with Crippen molar-refractivity contribution < 1.29 is 14.3 Å². The lowest BCUT2D eigenvalue weighted by atomic mass is 10.2. The molecule has 1 aliphatic heterocycles. The molecule has 1 heterocycles. The molecule has 1 amide bonds. The van der Waals surface area contributed by atoms with Crippen molar-refractivity contribution >= 4 is 17.9 Å². The Morgan fingerprint density at radius 2 is 2.10 bits per heavy atom. The number of carbonyl (C=O) groups is 1. The fraction of sp³-hybridized carbons (Fsp3) is 0.933. The number of carbonyl (C=O) groups excluding carboxylic acids is 1. The molecule has 0 aromatic rings. The summed E-state index contributed by atoms with van der Waals surface area (Å²) in [5, 5.41) is 0. The number of thioether (sulfide) groups is 1. The molecule has 1 unspecified atom stereocenters. The summed E-state index contributed by atoms with van der Waals surface area (Å²) >= 11 is 1.89. The van der Waals surface area contributed by atoms with Gasteiger partial charge >= 0.3 is 6.09 Å². The molecular weight excluding hydrogens is 274 g/mol. The molecule has 1 aliphatic rings. The number of amides is 1. The van der Waals surface area contributed by atoms with Crippen LogP contribution in [0.2, 0.25) is 0 Å². The lowest BCUT2D eigenvalue weighted by molar-refractivity contribution is -0.0617. The van der Waals surface area contributed by atoms with Crippen LogP contribution in [0.25, 0.3) is 0 Å². The predicted molar refractivity (Wildman–Crippen MR) is 84.1 cm³/mol. The van der Waals surface area contributed by atoms with Crippen LogP contribution < -0.4 is 0 Å². The van der Waals surface area contributed by atoms with Crippen molar-refractivity contribution in [3.63, 3.8) is 0 Å². The Kier molecular flexibility index (Phi) is 6.20. The van der Waals surface area contributed by atoms with Gasteiger partial charge in [-0.3, -0.25) is 4.90 Å². The van der Waals surface area contributed by atoms with Crippen molar-refractivity contribution in [3.8, 4) is 0 Å². The summed E-state index contributed by atoms with van der Waals surface area (Å²) in [5.41, 5.74) is -1.06. The monoisotopic (exact) mass is 303 g/mol. The highest BCUT2D eigenvalue weighted by molar-refractivity contribution is 7.99. The van der Waals surface area contributed by atoms with Crippen LogP contribution in [0.4, 0.5) is 4.79 Å². The molecule has 1 saturated heterocycles. The molecule has 1 rings (SSSR count). The Balaban J connectivity index is 2.63. The first kappa shape index (κ1) is 17.6. The summed E-state index contributed by atoms with van der Waals surface area (Å²) in [7, 11) is 0. The third-order valence-corrected chi connectivity index (χ3v) is 4.31. The lowest BCUT2D eigenvalue weighted by Crippen LogP contribution is -2.50. The Morgan fingerprint density at radius 3 is 2.65 bits per heavy atom. The number of hydrogen-bond donors (Lipinski definition) is 0. The van der Waals surface area contributed by atoms with Gasteiger partial charge in [-0.25, -0.2) is 4.79 Å². The largest absolute Gasteiger partial charge is 0.444 e. The normalized spacial score (nSPS) is 22.1. The Hall–Kier alpha value is -0.420. The maximum atomic E-state index is 12.4. The van der Waals surface area contributed by atoms with Crippen LogP contribution in [-0.2, 0) is 9.47 Å². The van der Waals surface area contributed by atoms with Crippen molar-refractivity contribution in [2.24, 2.45) is 0 Å². The van der Waals surface area contributed by atoms with E-state index >= 15 is 0 Å². The van der Waals surface area contributed by atoms with E-state index in [9.17, 15) is 4.79 Å². The average Bonchev–Trinajstić information content (AvgIpc) is 2.58. The molecule has 0 N–H and O–H groups in total. The van der Waals surface area contributed by atoms with E-state index in [1.807, 2.05) is 46.4 Å². The zero-order valence-electron chi connectivity index (χ0n) is 13.7. The van der Waals surface area contributed by atoms with Crippen molar-refractivity contribution in [1.82, 2.24) is 4.90 Å². The van der Waals surface area contributed by atoms with E-state index in [-0.39, 0.29) is 12.1 Å². The molecule has 5 heteroatoms. The number of rotatable bonds is 5. The van der Waals surface area contributed by atoms with E-state index in [1.165, 1.54) is 12.8 Å². The molecule has 20 heavy (non-hydrogen) atoms. The minimum absolute atomic E-state index is 0.0988. The lowest BCUT2D eigenvalue weighted by Gasteiger charge is -2.35. The number of ether oxygens (including phenoxy) is 2. The molecule has 0 aromatic carbocycles. The third-order valence-electron chi connectivity index (χ3n) is 3.12. The molecule has 1 atom stereocenters. The standard InChI is InChI=1S/C15H29NO3S/c1-7-8-9-20-11-12-10-18-15(5,6)16(12)13(17)19-14(2,3)4/h12H,7-11H2,1-6H3. The van der Waals surface area contributed by atoms with Gasteiger partial charge in [0, 0.05) is 5.75 Å². The van der Waals surface area contributed by atoms with E-state index in [0.717, 1.165) is 11.5 Å². The third kappa shape index (κ3) is 5.17. The first-order valence-electron chi connectivity index (χ1n) is 7.41. The molecule has 0 radical (unpaired) electrons. The van der Waals surface area contributed by atoms with E-state index in [0.29, 0.717) is 6.61 Å². The van der Waals surface area contributed by atoms with E-state index in [1.54, 1.807) is 4.90 Å². The van der Waals surface area contributed by atoms with E-state index < -0.39 is 11.3 Å². The van der Waals surface area contributed by atoms with Crippen LogP contribution in [-0.4, -0.2) is 46.5 Å². The molecule has 4 nitrogen and oxygen atoms in total. The van der Waals surface area contributed by atoms with Crippen LogP contribution in [0, 0.1) is 0 Å². The molecule has 0 spiro atoms. The zero-order valence-corrected chi connectivity index (χ0v) is 14.5. The maximum Gasteiger partial charge on any atom is 0.412 e. The van der Waals surface area contributed by atoms with Crippen LogP contribution in [0.3, 0.4) is 0 Å². The highest BCUT2D eigenvalue weighted by Gasteiger charge is 2.45. The Morgan fingerprint density at radius 1 is 1.45 bits per heavy atom. The summed E-state index contributed by atoms with van der Waals surface area (Å²) in [6.45, 7) is 12.3. The minimum Gasteiger partial charge on any atom is -0.444 e. The molecule has 0 aromatic heterocycles. The van der Waals surface area contributed by atoms with Gasteiger partial charge < -0.3 is 9.47 Å². The van der Waals surface area contributed by atoms with Gasteiger partial charge in [0.15, 0.2) is 0 Å². The van der Waals surface area contributed by atoms with Gasteiger partial charge in [-0.2, -0.15) is 11.8 Å². The second kappa shape index (κ2) is 7.03. The molecule has 0 aliphatic carbocycles. The second-order valence-electron chi connectivity index (χ2n) is 6.69. The first-order valence-corrected chi connectivity index (χ1v) is 8.57. The van der Waals surface area contributed by atoms with Gasteiger partial charge in [0.25, 0.3) is 0 Å². The molecular formula is C15H29NO3S. The highest BCUT2D eigenvalue weighted by atomic mass is 32.2. The van der Waals surface area contributed by atoms with Crippen molar-refractivity contribution in [3.05, 3.63) is 0 Å². The highest BCUT2D eigenvalue weighted by Crippen LogP contribution is 2.31. The average molecular weight is 303 g/mol. The second-order valence-corrected chi connectivity index (χ2v) is 7.84.